The highest BCUT2D eigenvalue weighted by Crippen LogP contribution is 2.18. The molecule has 3 rings (SSSR count). The van der Waals surface area contributed by atoms with E-state index < -0.39 is 6.10 Å². The van der Waals surface area contributed by atoms with E-state index in [2.05, 4.69) is 27.1 Å². The van der Waals surface area contributed by atoms with E-state index in [0.717, 1.165) is 32.0 Å². The second-order valence-electron chi connectivity index (χ2n) is 6.40. The maximum atomic E-state index is 12.3. The third-order valence-electron chi connectivity index (χ3n) is 4.34. The van der Waals surface area contributed by atoms with Gasteiger partial charge < -0.3 is 19.9 Å². The normalized spacial score (nSPS) is 16.2. The van der Waals surface area contributed by atoms with Gasteiger partial charge in [-0.25, -0.2) is 4.98 Å². The number of nitrogens with one attached hydrogen (secondary N) is 1. The first-order chi connectivity index (χ1) is 12.5. The first kappa shape index (κ1) is 18.5. The van der Waals surface area contributed by atoms with Crippen LogP contribution in [-0.4, -0.2) is 55.1 Å². The zero-order valence-corrected chi connectivity index (χ0v) is 15.7. The largest absolute Gasteiger partial charge is 0.481 e. The minimum Gasteiger partial charge on any atom is -0.481 e. The lowest BCUT2D eigenvalue weighted by Crippen LogP contribution is -2.44. The summed E-state index contributed by atoms with van der Waals surface area (Å²) in [5.41, 5.74) is 0.652. The fraction of sp³-hybridized carbons (Fsp3) is 0.368. The standard InChI is InChI=1S/C19H23ClN4O2/c1-14(26-17-6-3-15(20)4-7-17)19(25)22-16-5-8-18(21-13-16)24-11-9-23(2)10-12-24/h3-8,13-14H,9-12H2,1-2H3,(H,22,25). The molecule has 2 heterocycles. The van der Waals surface area contributed by atoms with Gasteiger partial charge in [-0.05, 0) is 50.4 Å². The van der Waals surface area contributed by atoms with Crippen molar-refractivity contribution in [1.82, 2.24) is 9.88 Å². The Morgan fingerprint density at radius 1 is 1.15 bits per heavy atom. The van der Waals surface area contributed by atoms with Crippen molar-refractivity contribution in [2.24, 2.45) is 0 Å². The maximum absolute atomic E-state index is 12.3. The molecule has 1 aromatic carbocycles. The Bertz CT molecular complexity index is 728. The Labute approximate surface area is 158 Å². The number of rotatable bonds is 5. The molecule has 7 heteroatoms. The molecule has 1 atom stereocenters. The second-order valence-corrected chi connectivity index (χ2v) is 6.84. The molecule has 0 aliphatic carbocycles. The zero-order valence-electron chi connectivity index (χ0n) is 15.0. The van der Waals surface area contributed by atoms with Gasteiger partial charge in [0.25, 0.3) is 5.91 Å². The van der Waals surface area contributed by atoms with E-state index >= 15 is 0 Å². The third kappa shape index (κ3) is 4.86. The number of ether oxygens (including phenoxy) is 1. The summed E-state index contributed by atoms with van der Waals surface area (Å²) in [6.07, 6.45) is 1.05. The Balaban J connectivity index is 1.54. The second kappa shape index (κ2) is 8.38. The number of hydrogen-bond donors (Lipinski definition) is 1. The van der Waals surface area contributed by atoms with E-state index in [1.165, 1.54) is 0 Å². The van der Waals surface area contributed by atoms with Crippen molar-refractivity contribution >= 4 is 29.0 Å². The number of nitrogens with zero attached hydrogens (tertiary/aromatic N) is 3. The number of amides is 1. The minimum absolute atomic E-state index is 0.228. The Morgan fingerprint density at radius 2 is 1.85 bits per heavy atom. The zero-order chi connectivity index (χ0) is 18.5. The summed E-state index contributed by atoms with van der Waals surface area (Å²) in [4.78, 5) is 21.3. The average molecular weight is 375 g/mol. The molecule has 1 fully saturated rings. The quantitative estimate of drug-likeness (QED) is 0.872. The predicted octanol–water partition coefficient (Wildman–Crippen LogP) is 2.89. The Hall–Kier alpha value is -2.31. The van der Waals surface area contributed by atoms with Crippen LogP contribution in [0.25, 0.3) is 0 Å². The van der Waals surface area contributed by atoms with Crippen LogP contribution in [0.3, 0.4) is 0 Å². The van der Waals surface area contributed by atoms with Crippen LogP contribution in [0.1, 0.15) is 6.92 Å². The molecule has 0 spiro atoms. The molecule has 1 unspecified atom stereocenters. The highest BCUT2D eigenvalue weighted by molar-refractivity contribution is 6.30. The van der Waals surface area contributed by atoms with Crippen molar-refractivity contribution < 1.29 is 9.53 Å². The van der Waals surface area contributed by atoms with Gasteiger partial charge in [-0.1, -0.05) is 11.6 Å². The number of pyridine rings is 1. The van der Waals surface area contributed by atoms with Crippen molar-refractivity contribution in [1.29, 1.82) is 0 Å². The Morgan fingerprint density at radius 3 is 2.46 bits per heavy atom. The van der Waals surface area contributed by atoms with Crippen LogP contribution >= 0.6 is 11.6 Å². The van der Waals surface area contributed by atoms with Crippen LogP contribution in [0.15, 0.2) is 42.6 Å². The van der Waals surface area contributed by atoms with Gasteiger partial charge in [0.2, 0.25) is 0 Å². The minimum atomic E-state index is -0.631. The maximum Gasteiger partial charge on any atom is 0.265 e. The van der Waals surface area contributed by atoms with Crippen molar-refractivity contribution in [2.75, 3.05) is 43.4 Å². The molecule has 138 valence electrons. The molecule has 1 N–H and O–H groups in total. The predicted molar refractivity (Wildman–Crippen MR) is 104 cm³/mol. The van der Waals surface area contributed by atoms with Crippen LogP contribution in [0.4, 0.5) is 11.5 Å². The smallest absolute Gasteiger partial charge is 0.265 e. The van der Waals surface area contributed by atoms with Crippen LogP contribution in [-0.2, 0) is 4.79 Å². The molecule has 0 bridgehead atoms. The summed E-state index contributed by atoms with van der Waals surface area (Å²) >= 11 is 5.85. The number of anilines is 2. The average Bonchev–Trinajstić information content (AvgIpc) is 2.65. The number of aromatic nitrogens is 1. The highest BCUT2D eigenvalue weighted by atomic mass is 35.5. The van der Waals surface area contributed by atoms with Crippen molar-refractivity contribution in [3.05, 3.63) is 47.6 Å². The molecule has 0 radical (unpaired) electrons. The molecule has 1 aliphatic rings. The van der Waals surface area contributed by atoms with E-state index in [4.69, 9.17) is 16.3 Å². The van der Waals surface area contributed by atoms with E-state index in [0.29, 0.717) is 16.5 Å². The summed E-state index contributed by atoms with van der Waals surface area (Å²) in [5.74, 6) is 1.30. The molecule has 26 heavy (non-hydrogen) atoms. The monoisotopic (exact) mass is 374 g/mol. The fourth-order valence-electron chi connectivity index (χ4n) is 2.70. The van der Waals surface area contributed by atoms with E-state index in [-0.39, 0.29) is 5.91 Å². The lowest BCUT2D eigenvalue weighted by atomic mass is 10.3. The van der Waals surface area contributed by atoms with E-state index in [9.17, 15) is 4.79 Å². The topological polar surface area (TPSA) is 57.7 Å². The van der Waals surface area contributed by atoms with E-state index in [1.807, 2.05) is 12.1 Å². The first-order valence-corrected chi connectivity index (χ1v) is 9.02. The van der Waals surface area contributed by atoms with Gasteiger partial charge in [-0.2, -0.15) is 0 Å². The molecular weight excluding hydrogens is 352 g/mol. The SMILES string of the molecule is CC(Oc1ccc(Cl)cc1)C(=O)Nc1ccc(N2CCN(C)CC2)nc1. The number of likely N-dealkylation sites (N-methyl/N-ethyl adjacent to an activating group) is 1. The van der Waals surface area contributed by atoms with Gasteiger partial charge in [0.15, 0.2) is 6.10 Å². The Kier molecular flexibility index (Phi) is 5.96. The van der Waals surface area contributed by atoms with Crippen molar-refractivity contribution in [3.8, 4) is 5.75 Å². The van der Waals surface area contributed by atoms with Gasteiger partial charge in [0, 0.05) is 31.2 Å². The molecule has 1 aromatic heterocycles. The van der Waals surface area contributed by atoms with Gasteiger partial charge >= 0.3 is 0 Å². The number of halogens is 1. The van der Waals surface area contributed by atoms with Crippen molar-refractivity contribution in [2.45, 2.75) is 13.0 Å². The van der Waals surface area contributed by atoms with Crippen LogP contribution < -0.4 is 15.0 Å². The molecular formula is C19H23ClN4O2. The lowest BCUT2D eigenvalue weighted by Gasteiger charge is -2.33. The summed E-state index contributed by atoms with van der Waals surface area (Å²) < 4.78 is 5.63. The summed E-state index contributed by atoms with van der Waals surface area (Å²) in [6, 6.07) is 10.7. The molecule has 2 aromatic rings. The summed E-state index contributed by atoms with van der Waals surface area (Å²) in [7, 11) is 2.12. The van der Waals surface area contributed by atoms with Gasteiger partial charge in [-0.3, -0.25) is 4.79 Å². The number of hydrogen-bond acceptors (Lipinski definition) is 5. The summed E-state index contributed by atoms with van der Waals surface area (Å²) in [6.45, 7) is 5.68. The van der Waals surface area contributed by atoms with Crippen LogP contribution in [0, 0.1) is 0 Å². The molecule has 1 saturated heterocycles. The van der Waals surface area contributed by atoms with Crippen LogP contribution in [0.2, 0.25) is 5.02 Å². The van der Waals surface area contributed by atoms with Crippen LogP contribution in [0.5, 0.6) is 5.75 Å². The molecule has 6 nitrogen and oxygen atoms in total. The summed E-state index contributed by atoms with van der Waals surface area (Å²) in [5, 5.41) is 3.46. The lowest BCUT2D eigenvalue weighted by molar-refractivity contribution is -0.122. The van der Waals surface area contributed by atoms with Gasteiger partial charge in [0.05, 0.1) is 11.9 Å². The third-order valence-corrected chi connectivity index (χ3v) is 4.59. The first-order valence-electron chi connectivity index (χ1n) is 8.64. The number of carbonyl (C=O) groups excluding carboxylic acids is 1. The molecule has 1 aliphatic heterocycles. The number of piperazine rings is 1. The van der Waals surface area contributed by atoms with Crippen molar-refractivity contribution in [3.63, 3.8) is 0 Å². The number of benzene rings is 1. The fourth-order valence-corrected chi connectivity index (χ4v) is 2.82. The highest BCUT2D eigenvalue weighted by Gasteiger charge is 2.17. The molecule has 0 saturated carbocycles. The van der Waals surface area contributed by atoms with E-state index in [1.54, 1.807) is 37.4 Å². The van der Waals surface area contributed by atoms with Gasteiger partial charge in [-0.15, -0.1) is 0 Å². The van der Waals surface area contributed by atoms with Gasteiger partial charge in [0.1, 0.15) is 11.6 Å². The number of carbonyl (C=O) groups is 1. The molecule has 1 amide bonds.